The van der Waals surface area contributed by atoms with Crippen molar-refractivity contribution in [3.63, 3.8) is 0 Å². The van der Waals surface area contributed by atoms with E-state index in [-0.39, 0.29) is 5.92 Å². The fourth-order valence-electron chi connectivity index (χ4n) is 2.98. The molecule has 0 N–H and O–H groups in total. The third-order valence-electron chi connectivity index (χ3n) is 4.37. The predicted octanol–water partition coefficient (Wildman–Crippen LogP) is 5.56. The van der Waals surface area contributed by atoms with Gasteiger partial charge in [-0.1, -0.05) is 67.1 Å². The normalized spacial score (nSPS) is 12.8. The lowest BCUT2D eigenvalue weighted by Gasteiger charge is -2.18. The minimum atomic E-state index is -3.18. The van der Waals surface area contributed by atoms with Gasteiger partial charge >= 0.3 is 0 Å². The molecule has 128 valence electrons. The molecule has 0 fully saturated rings. The van der Waals surface area contributed by atoms with Gasteiger partial charge in [0.15, 0.2) is 9.84 Å². The standard InChI is InChI=1S/C21H19ClO2S/c1-15(16-10-12-19(13-11-16)25(2,23)24)20-8-3-4-9-21(20)17-6-5-7-18(22)14-17/h3-15H,1-2H3. The molecule has 0 aliphatic rings. The lowest BCUT2D eigenvalue weighted by Crippen LogP contribution is -2.01. The maximum Gasteiger partial charge on any atom is 0.175 e. The Kier molecular flexibility index (Phi) is 4.98. The molecule has 0 aliphatic heterocycles. The topological polar surface area (TPSA) is 34.1 Å². The van der Waals surface area contributed by atoms with E-state index in [1.165, 1.54) is 11.8 Å². The molecule has 0 amide bonds. The van der Waals surface area contributed by atoms with Gasteiger partial charge in [-0.2, -0.15) is 0 Å². The van der Waals surface area contributed by atoms with Gasteiger partial charge in [-0.3, -0.25) is 0 Å². The second-order valence-corrected chi connectivity index (χ2v) is 8.61. The van der Waals surface area contributed by atoms with E-state index in [0.717, 1.165) is 16.7 Å². The first-order chi connectivity index (χ1) is 11.9. The Hall–Kier alpha value is -2.10. The van der Waals surface area contributed by atoms with Crippen LogP contribution in [0.4, 0.5) is 0 Å². The smallest absolute Gasteiger partial charge is 0.175 e. The Morgan fingerprint density at radius 1 is 0.880 bits per heavy atom. The van der Waals surface area contributed by atoms with E-state index in [1.54, 1.807) is 12.1 Å². The molecule has 0 radical (unpaired) electrons. The highest BCUT2D eigenvalue weighted by atomic mass is 35.5. The summed E-state index contributed by atoms with van der Waals surface area (Å²) in [6.07, 6.45) is 1.22. The Labute approximate surface area is 154 Å². The van der Waals surface area contributed by atoms with E-state index in [9.17, 15) is 8.42 Å². The van der Waals surface area contributed by atoms with Gasteiger partial charge in [0.25, 0.3) is 0 Å². The minimum absolute atomic E-state index is 0.129. The summed E-state index contributed by atoms with van der Waals surface area (Å²) < 4.78 is 23.3. The summed E-state index contributed by atoms with van der Waals surface area (Å²) in [7, 11) is -3.18. The van der Waals surface area contributed by atoms with Crippen molar-refractivity contribution in [3.05, 3.63) is 88.9 Å². The van der Waals surface area contributed by atoms with Gasteiger partial charge < -0.3 is 0 Å². The Bertz CT molecular complexity index is 992. The van der Waals surface area contributed by atoms with E-state index < -0.39 is 9.84 Å². The molecule has 0 spiro atoms. The number of rotatable bonds is 4. The van der Waals surface area contributed by atoms with E-state index in [2.05, 4.69) is 19.1 Å². The van der Waals surface area contributed by atoms with Crippen LogP contribution in [-0.4, -0.2) is 14.7 Å². The number of benzene rings is 3. The molecular formula is C21H19ClO2S. The molecule has 3 rings (SSSR count). The van der Waals surface area contributed by atoms with Crippen molar-refractivity contribution in [2.24, 2.45) is 0 Å². The van der Waals surface area contributed by atoms with E-state index in [0.29, 0.717) is 9.92 Å². The van der Waals surface area contributed by atoms with Crippen LogP contribution in [0.5, 0.6) is 0 Å². The largest absolute Gasteiger partial charge is 0.224 e. The predicted molar refractivity (Wildman–Crippen MR) is 104 cm³/mol. The summed E-state index contributed by atoms with van der Waals surface area (Å²) in [5.41, 5.74) is 4.45. The molecular weight excluding hydrogens is 352 g/mol. The highest BCUT2D eigenvalue weighted by Crippen LogP contribution is 2.34. The monoisotopic (exact) mass is 370 g/mol. The summed E-state index contributed by atoms with van der Waals surface area (Å²) in [5.74, 6) is 0.129. The molecule has 4 heteroatoms. The molecule has 1 unspecified atom stereocenters. The van der Waals surface area contributed by atoms with Crippen LogP contribution in [0, 0.1) is 0 Å². The van der Waals surface area contributed by atoms with Crippen molar-refractivity contribution >= 4 is 21.4 Å². The van der Waals surface area contributed by atoms with Crippen molar-refractivity contribution < 1.29 is 8.42 Å². The van der Waals surface area contributed by atoms with Crippen molar-refractivity contribution in [3.8, 4) is 11.1 Å². The van der Waals surface area contributed by atoms with Gasteiger partial charge in [-0.25, -0.2) is 8.42 Å². The molecule has 25 heavy (non-hydrogen) atoms. The first kappa shape index (κ1) is 17.7. The number of sulfone groups is 1. The molecule has 1 atom stereocenters. The van der Waals surface area contributed by atoms with Crippen LogP contribution in [0.2, 0.25) is 5.02 Å². The van der Waals surface area contributed by atoms with Gasteiger partial charge in [0.1, 0.15) is 0 Å². The van der Waals surface area contributed by atoms with Crippen molar-refractivity contribution in [1.29, 1.82) is 0 Å². The van der Waals surface area contributed by atoms with Crippen molar-refractivity contribution in [1.82, 2.24) is 0 Å². The maximum absolute atomic E-state index is 11.6. The van der Waals surface area contributed by atoms with Crippen LogP contribution >= 0.6 is 11.6 Å². The summed E-state index contributed by atoms with van der Waals surface area (Å²) in [6.45, 7) is 2.12. The summed E-state index contributed by atoms with van der Waals surface area (Å²) in [6, 6.07) is 23.1. The maximum atomic E-state index is 11.6. The molecule has 3 aromatic carbocycles. The summed E-state index contributed by atoms with van der Waals surface area (Å²) in [5, 5.41) is 0.706. The van der Waals surface area contributed by atoms with Crippen LogP contribution in [-0.2, 0) is 9.84 Å². The van der Waals surface area contributed by atoms with Crippen molar-refractivity contribution in [2.45, 2.75) is 17.7 Å². The van der Waals surface area contributed by atoms with E-state index in [1.807, 2.05) is 48.5 Å². The lowest BCUT2D eigenvalue weighted by atomic mass is 9.87. The van der Waals surface area contributed by atoms with Gasteiger partial charge in [-0.15, -0.1) is 0 Å². The number of halogens is 1. The van der Waals surface area contributed by atoms with E-state index >= 15 is 0 Å². The summed E-state index contributed by atoms with van der Waals surface area (Å²) >= 11 is 6.15. The van der Waals surface area contributed by atoms with Crippen LogP contribution in [0.25, 0.3) is 11.1 Å². The second-order valence-electron chi connectivity index (χ2n) is 6.16. The zero-order valence-electron chi connectivity index (χ0n) is 14.1. The molecule has 0 bridgehead atoms. The Balaban J connectivity index is 2.02. The molecule has 0 heterocycles. The fourth-order valence-corrected chi connectivity index (χ4v) is 3.80. The van der Waals surface area contributed by atoms with Gasteiger partial charge in [-0.05, 0) is 46.5 Å². The molecule has 0 saturated heterocycles. The molecule has 0 aromatic heterocycles. The first-order valence-electron chi connectivity index (χ1n) is 8.01. The zero-order chi connectivity index (χ0) is 18.0. The number of hydrogen-bond acceptors (Lipinski definition) is 2. The molecule has 3 aromatic rings. The minimum Gasteiger partial charge on any atom is -0.224 e. The third kappa shape index (κ3) is 3.94. The highest BCUT2D eigenvalue weighted by Gasteiger charge is 2.15. The Morgan fingerprint density at radius 2 is 1.56 bits per heavy atom. The fraction of sp³-hybridized carbons (Fsp3) is 0.143. The lowest BCUT2D eigenvalue weighted by molar-refractivity contribution is 0.602. The molecule has 0 aliphatic carbocycles. The number of hydrogen-bond donors (Lipinski definition) is 0. The van der Waals surface area contributed by atoms with Gasteiger partial charge in [0.2, 0.25) is 0 Å². The van der Waals surface area contributed by atoms with Crippen LogP contribution in [0.3, 0.4) is 0 Å². The Morgan fingerprint density at radius 3 is 2.20 bits per heavy atom. The second kappa shape index (κ2) is 7.03. The van der Waals surface area contributed by atoms with Crippen LogP contribution < -0.4 is 0 Å². The molecule has 0 saturated carbocycles. The van der Waals surface area contributed by atoms with Crippen LogP contribution in [0.15, 0.2) is 77.7 Å². The average Bonchev–Trinajstić information content (AvgIpc) is 2.60. The molecule has 2 nitrogen and oxygen atoms in total. The van der Waals surface area contributed by atoms with E-state index in [4.69, 9.17) is 11.6 Å². The average molecular weight is 371 g/mol. The first-order valence-corrected chi connectivity index (χ1v) is 10.3. The zero-order valence-corrected chi connectivity index (χ0v) is 15.7. The van der Waals surface area contributed by atoms with Crippen molar-refractivity contribution in [2.75, 3.05) is 6.26 Å². The van der Waals surface area contributed by atoms with Crippen LogP contribution in [0.1, 0.15) is 24.0 Å². The van der Waals surface area contributed by atoms with Gasteiger partial charge in [0.05, 0.1) is 4.90 Å². The quantitative estimate of drug-likeness (QED) is 0.602. The highest BCUT2D eigenvalue weighted by molar-refractivity contribution is 7.90. The summed E-state index contributed by atoms with van der Waals surface area (Å²) in [4.78, 5) is 0.339. The third-order valence-corrected chi connectivity index (χ3v) is 5.73. The van der Waals surface area contributed by atoms with Gasteiger partial charge in [0, 0.05) is 17.2 Å². The SMILES string of the molecule is CC(c1ccc(S(C)(=O)=O)cc1)c1ccccc1-c1cccc(Cl)c1.